The van der Waals surface area contributed by atoms with Crippen molar-refractivity contribution in [3.63, 3.8) is 0 Å². The van der Waals surface area contributed by atoms with E-state index in [-0.39, 0.29) is 5.78 Å². The van der Waals surface area contributed by atoms with Crippen molar-refractivity contribution < 1.29 is 13.9 Å². The van der Waals surface area contributed by atoms with Crippen molar-refractivity contribution in [2.75, 3.05) is 6.61 Å². The molecule has 2 aromatic carbocycles. The van der Waals surface area contributed by atoms with Gasteiger partial charge in [-0.2, -0.15) is 0 Å². The van der Waals surface area contributed by atoms with Crippen molar-refractivity contribution >= 4 is 16.8 Å². The van der Waals surface area contributed by atoms with Crippen LogP contribution in [0.5, 0.6) is 5.75 Å². The smallest absolute Gasteiger partial charge is 0.197 e. The number of ether oxygens (including phenoxy) is 1. The Morgan fingerprint density at radius 1 is 1.08 bits per heavy atom. The third-order valence-corrected chi connectivity index (χ3v) is 4.13. The Labute approximate surface area is 142 Å². The van der Waals surface area contributed by atoms with Crippen LogP contribution in [0.15, 0.2) is 46.9 Å². The predicted molar refractivity (Wildman–Crippen MR) is 96.0 cm³/mol. The first-order chi connectivity index (χ1) is 11.6. The summed E-state index contributed by atoms with van der Waals surface area (Å²) in [6, 6.07) is 13.2. The molecule has 0 bridgehead atoms. The van der Waals surface area contributed by atoms with E-state index < -0.39 is 0 Å². The summed E-state index contributed by atoms with van der Waals surface area (Å²) in [6.45, 7) is 6.68. The minimum atomic E-state index is -0.0167. The summed E-state index contributed by atoms with van der Waals surface area (Å²) in [4.78, 5) is 12.9. The summed E-state index contributed by atoms with van der Waals surface area (Å²) in [7, 11) is 0. The SMILES string of the molecule is CCCCOc1ccc(C(=O)c2c(C)oc3ccc(C)cc23)cc1. The summed E-state index contributed by atoms with van der Waals surface area (Å²) >= 11 is 0. The van der Waals surface area contributed by atoms with Crippen molar-refractivity contribution in [2.45, 2.75) is 33.6 Å². The van der Waals surface area contributed by atoms with Crippen LogP contribution >= 0.6 is 0 Å². The Balaban J connectivity index is 1.89. The normalized spacial score (nSPS) is 11.0. The Kier molecular flexibility index (Phi) is 4.70. The zero-order valence-electron chi connectivity index (χ0n) is 14.4. The molecule has 1 aromatic heterocycles. The molecule has 0 aliphatic heterocycles. The van der Waals surface area contributed by atoms with Gasteiger partial charge in [0.2, 0.25) is 0 Å². The van der Waals surface area contributed by atoms with Gasteiger partial charge in [-0.15, -0.1) is 0 Å². The van der Waals surface area contributed by atoms with E-state index in [1.54, 1.807) is 0 Å². The number of carbonyl (C=O) groups excluding carboxylic acids is 1. The van der Waals surface area contributed by atoms with Crippen molar-refractivity contribution in [1.82, 2.24) is 0 Å². The molecule has 3 nitrogen and oxygen atoms in total. The van der Waals surface area contributed by atoms with E-state index in [0.29, 0.717) is 23.5 Å². The topological polar surface area (TPSA) is 39.4 Å². The highest BCUT2D eigenvalue weighted by Crippen LogP contribution is 2.29. The Hall–Kier alpha value is -2.55. The van der Waals surface area contributed by atoms with E-state index in [9.17, 15) is 4.79 Å². The van der Waals surface area contributed by atoms with E-state index in [4.69, 9.17) is 9.15 Å². The van der Waals surface area contributed by atoms with E-state index in [1.165, 1.54) is 0 Å². The maximum absolute atomic E-state index is 12.9. The molecular weight excluding hydrogens is 300 g/mol. The number of unbranched alkanes of at least 4 members (excludes halogenated alkanes) is 1. The summed E-state index contributed by atoms with van der Waals surface area (Å²) in [5.74, 6) is 1.44. The van der Waals surface area contributed by atoms with Crippen molar-refractivity contribution in [3.05, 3.63) is 64.9 Å². The standard InChI is InChI=1S/C21H22O3/c1-4-5-12-23-17-9-7-16(8-10-17)21(22)20-15(3)24-19-11-6-14(2)13-18(19)20/h6-11,13H,4-5,12H2,1-3H3. The van der Waals surface area contributed by atoms with E-state index in [0.717, 1.165) is 35.1 Å². The lowest BCUT2D eigenvalue weighted by Gasteiger charge is -2.06. The van der Waals surface area contributed by atoms with Crippen molar-refractivity contribution in [2.24, 2.45) is 0 Å². The van der Waals surface area contributed by atoms with Crippen LogP contribution in [0.25, 0.3) is 11.0 Å². The summed E-state index contributed by atoms with van der Waals surface area (Å²) in [5.41, 5.74) is 3.15. The van der Waals surface area contributed by atoms with Crippen LogP contribution in [0.3, 0.4) is 0 Å². The fourth-order valence-electron chi connectivity index (χ4n) is 2.80. The fraction of sp³-hybridized carbons (Fsp3) is 0.286. The number of aryl methyl sites for hydroxylation is 2. The highest BCUT2D eigenvalue weighted by Gasteiger charge is 2.19. The lowest BCUT2D eigenvalue weighted by molar-refractivity contribution is 0.103. The third kappa shape index (κ3) is 3.21. The maximum atomic E-state index is 12.9. The minimum Gasteiger partial charge on any atom is -0.494 e. The Bertz CT molecular complexity index is 857. The van der Waals surface area contributed by atoms with E-state index >= 15 is 0 Å². The van der Waals surface area contributed by atoms with Crippen LogP contribution in [-0.2, 0) is 0 Å². The van der Waals surface area contributed by atoms with Crippen molar-refractivity contribution in [3.8, 4) is 5.75 Å². The molecule has 0 saturated heterocycles. The monoisotopic (exact) mass is 322 g/mol. The van der Waals surface area contributed by atoms with Gasteiger partial charge in [0, 0.05) is 10.9 Å². The second-order valence-electron chi connectivity index (χ2n) is 6.09. The maximum Gasteiger partial charge on any atom is 0.197 e. The second-order valence-corrected chi connectivity index (χ2v) is 6.09. The zero-order chi connectivity index (χ0) is 17.1. The van der Waals surface area contributed by atoms with Crippen LogP contribution < -0.4 is 4.74 Å². The Morgan fingerprint density at radius 2 is 1.83 bits per heavy atom. The number of ketones is 1. The number of benzene rings is 2. The molecule has 124 valence electrons. The molecule has 1 heterocycles. The van der Waals surface area contributed by atoms with Crippen LogP contribution in [0, 0.1) is 13.8 Å². The molecular formula is C21H22O3. The minimum absolute atomic E-state index is 0.0167. The lowest BCUT2D eigenvalue weighted by atomic mass is 9.99. The highest BCUT2D eigenvalue weighted by atomic mass is 16.5. The molecule has 0 fully saturated rings. The highest BCUT2D eigenvalue weighted by molar-refractivity contribution is 6.16. The first-order valence-electron chi connectivity index (χ1n) is 8.37. The van der Waals surface area contributed by atoms with Gasteiger partial charge in [0.05, 0.1) is 12.2 Å². The fourth-order valence-corrected chi connectivity index (χ4v) is 2.80. The van der Waals surface area contributed by atoms with Crippen LogP contribution in [0.4, 0.5) is 0 Å². The molecule has 0 aliphatic rings. The lowest BCUT2D eigenvalue weighted by Crippen LogP contribution is -2.03. The molecule has 3 heteroatoms. The van der Waals surface area contributed by atoms with Crippen LogP contribution in [0.2, 0.25) is 0 Å². The summed E-state index contributed by atoms with van der Waals surface area (Å²) < 4.78 is 11.4. The van der Waals surface area contributed by atoms with Gasteiger partial charge in [-0.05, 0) is 56.7 Å². The van der Waals surface area contributed by atoms with Crippen LogP contribution in [0.1, 0.15) is 47.0 Å². The zero-order valence-corrected chi connectivity index (χ0v) is 14.4. The molecule has 3 rings (SSSR count). The number of rotatable bonds is 6. The molecule has 0 saturated carbocycles. The molecule has 3 aromatic rings. The molecule has 0 atom stereocenters. The predicted octanol–water partition coefficient (Wildman–Crippen LogP) is 5.46. The van der Waals surface area contributed by atoms with Crippen LogP contribution in [-0.4, -0.2) is 12.4 Å². The van der Waals surface area contributed by atoms with E-state index in [1.807, 2.05) is 56.3 Å². The number of furan rings is 1. The Morgan fingerprint density at radius 3 is 2.54 bits per heavy atom. The summed E-state index contributed by atoms with van der Waals surface area (Å²) in [6.07, 6.45) is 2.13. The van der Waals surface area contributed by atoms with Crippen molar-refractivity contribution in [1.29, 1.82) is 0 Å². The molecule has 24 heavy (non-hydrogen) atoms. The first-order valence-corrected chi connectivity index (χ1v) is 8.37. The van der Waals surface area contributed by atoms with Gasteiger partial charge in [-0.3, -0.25) is 4.79 Å². The van der Waals surface area contributed by atoms with Gasteiger partial charge < -0.3 is 9.15 Å². The molecule has 0 amide bonds. The second kappa shape index (κ2) is 6.91. The van der Waals surface area contributed by atoms with Gasteiger partial charge in [-0.1, -0.05) is 25.0 Å². The van der Waals surface area contributed by atoms with E-state index in [2.05, 4.69) is 6.92 Å². The average molecular weight is 322 g/mol. The quantitative estimate of drug-likeness (QED) is 0.447. The molecule has 0 spiro atoms. The molecule has 0 unspecified atom stereocenters. The number of fused-ring (bicyclic) bond motifs is 1. The third-order valence-electron chi connectivity index (χ3n) is 4.13. The summed E-state index contributed by atoms with van der Waals surface area (Å²) in [5, 5.41) is 0.876. The van der Waals surface area contributed by atoms with Gasteiger partial charge in [-0.25, -0.2) is 0 Å². The number of carbonyl (C=O) groups is 1. The number of hydrogen-bond acceptors (Lipinski definition) is 3. The van der Waals surface area contributed by atoms with Gasteiger partial charge >= 0.3 is 0 Å². The van der Waals surface area contributed by atoms with Gasteiger partial charge in [0.15, 0.2) is 5.78 Å². The largest absolute Gasteiger partial charge is 0.494 e. The number of hydrogen-bond donors (Lipinski definition) is 0. The first kappa shape index (κ1) is 16.3. The molecule has 0 N–H and O–H groups in total. The van der Waals surface area contributed by atoms with Gasteiger partial charge in [0.1, 0.15) is 17.1 Å². The average Bonchev–Trinajstić information content (AvgIpc) is 2.90. The molecule has 0 aliphatic carbocycles. The van der Waals surface area contributed by atoms with Gasteiger partial charge in [0.25, 0.3) is 0 Å². The molecule has 0 radical (unpaired) electrons.